The molecule has 0 spiro atoms. The van der Waals surface area contributed by atoms with Gasteiger partial charge in [-0.3, -0.25) is 0 Å². The minimum Gasteiger partial charge on any atom is -0.377 e. The zero-order chi connectivity index (χ0) is 16.0. The Balaban J connectivity index is 2.04. The van der Waals surface area contributed by atoms with Crippen LogP contribution in [-0.2, 0) is 19.4 Å². The predicted octanol–water partition coefficient (Wildman–Crippen LogP) is 1.33. The fraction of sp³-hybridized carbons (Fsp3) is 0.692. The van der Waals surface area contributed by atoms with Gasteiger partial charge in [0.15, 0.2) is 5.16 Å². The van der Waals surface area contributed by atoms with Crippen LogP contribution in [0.3, 0.4) is 0 Å². The molecule has 1 saturated carbocycles. The molecule has 1 aliphatic heterocycles. The molecule has 122 valence electrons. The zero-order valence-corrected chi connectivity index (χ0v) is 14.4. The summed E-state index contributed by atoms with van der Waals surface area (Å²) in [6.07, 6.45) is 3.20. The maximum Gasteiger partial charge on any atom is 0.189 e. The van der Waals surface area contributed by atoms with Gasteiger partial charge in [-0.1, -0.05) is 11.8 Å². The standard InChI is InChI=1S/C13H21N5O2S2/c1-9-8-20-6-5-18(9)11-7-10(16-12(17-11)21-2)13(3-4-13)22(14,15)19/h7,9H,3-6,8H2,1-2H3,(H3,14,15,19)/t9-/m1/s1. The summed E-state index contributed by atoms with van der Waals surface area (Å²) in [4.78, 5) is 11.2. The van der Waals surface area contributed by atoms with Crippen LogP contribution in [0.4, 0.5) is 5.82 Å². The second kappa shape index (κ2) is 5.63. The molecule has 0 radical (unpaired) electrons. The van der Waals surface area contributed by atoms with E-state index in [1.807, 2.05) is 12.3 Å². The molecule has 2 aliphatic rings. The van der Waals surface area contributed by atoms with Crippen LogP contribution in [0.2, 0.25) is 0 Å². The van der Waals surface area contributed by atoms with Gasteiger partial charge in [0, 0.05) is 12.6 Å². The largest absolute Gasteiger partial charge is 0.377 e. The average Bonchev–Trinajstić information content (AvgIpc) is 3.28. The molecule has 1 aromatic rings. The molecule has 3 rings (SSSR count). The van der Waals surface area contributed by atoms with E-state index in [1.165, 1.54) is 11.8 Å². The number of hydrogen-bond donors (Lipinski definition) is 2. The summed E-state index contributed by atoms with van der Waals surface area (Å²) in [6.45, 7) is 4.17. The van der Waals surface area contributed by atoms with E-state index in [2.05, 4.69) is 21.8 Å². The van der Waals surface area contributed by atoms with Gasteiger partial charge in [0.05, 0.1) is 24.9 Å². The number of anilines is 1. The monoisotopic (exact) mass is 343 g/mol. The quantitative estimate of drug-likeness (QED) is 0.631. The van der Waals surface area contributed by atoms with E-state index in [0.29, 0.717) is 36.9 Å². The van der Waals surface area contributed by atoms with Crippen molar-refractivity contribution >= 4 is 27.5 Å². The predicted molar refractivity (Wildman–Crippen MR) is 87.4 cm³/mol. The Bertz CT molecular complexity index is 675. The third-order valence-electron chi connectivity index (χ3n) is 4.29. The fourth-order valence-electron chi connectivity index (χ4n) is 2.78. The summed E-state index contributed by atoms with van der Waals surface area (Å²) in [7, 11) is -3.17. The van der Waals surface area contributed by atoms with Crippen LogP contribution in [0.15, 0.2) is 11.2 Å². The minimum atomic E-state index is -3.17. The lowest BCUT2D eigenvalue weighted by Crippen LogP contribution is -2.44. The molecule has 9 heteroatoms. The van der Waals surface area contributed by atoms with E-state index < -0.39 is 14.7 Å². The minimum absolute atomic E-state index is 0.222. The Morgan fingerprint density at radius 1 is 1.55 bits per heavy atom. The van der Waals surface area contributed by atoms with Gasteiger partial charge in [-0.25, -0.2) is 24.1 Å². The van der Waals surface area contributed by atoms with E-state index in [1.54, 1.807) is 0 Å². The van der Waals surface area contributed by atoms with Gasteiger partial charge < -0.3 is 9.64 Å². The fourth-order valence-corrected chi connectivity index (χ4v) is 4.28. The Labute approximate surface area is 135 Å². The second-order valence-corrected chi connectivity index (χ2v) is 8.57. The Kier molecular flexibility index (Phi) is 4.09. The van der Waals surface area contributed by atoms with Crippen molar-refractivity contribution in [3.8, 4) is 0 Å². The Hall–Kier alpha value is -0.900. The molecular weight excluding hydrogens is 322 g/mol. The van der Waals surface area contributed by atoms with Gasteiger partial charge in [-0.05, 0) is 26.0 Å². The van der Waals surface area contributed by atoms with Gasteiger partial charge in [0.1, 0.15) is 20.5 Å². The molecule has 1 aliphatic carbocycles. The number of nitrogens with zero attached hydrogens (tertiary/aromatic N) is 3. The van der Waals surface area contributed by atoms with Crippen molar-refractivity contribution in [2.75, 3.05) is 30.9 Å². The molecule has 7 nitrogen and oxygen atoms in total. The van der Waals surface area contributed by atoms with Crippen LogP contribution in [0.25, 0.3) is 0 Å². The molecule has 1 unspecified atom stereocenters. The van der Waals surface area contributed by atoms with Crippen LogP contribution in [-0.4, -0.2) is 46.2 Å². The van der Waals surface area contributed by atoms with Crippen molar-refractivity contribution < 1.29 is 8.95 Å². The number of hydrogen-bond acceptors (Lipinski definition) is 7. The molecule has 2 heterocycles. The third-order valence-corrected chi connectivity index (χ3v) is 6.61. The van der Waals surface area contributed by atoms with E-state index >= 15 is 0 Å². The van der Waals surface area contributed by atoms with Crippen molar-refractivity contribution in [1.29, 1.82) is 4.78 Å². The normalized spacial score (nSPS) is 26.5. The van der Waals surface area contributed by atoms with E-state index in [-0.39, 0.29) is 6.04 Å². The van der Waals surface area contributed by atoms with Crippen LogP contribution >= 0.6 is 11.8 Å². The topological polar surface area (TPSA) is 105 Å². The van der Waals surface area contributed by atoms with Crippen LogP contribution in [0.1, 0.15) is 25.5 Å². The lowest BCUT2D eigenvalue weighted by Gasteiger charge is -2.34. The zero-order valence-electron chi connectivity index (χ0n) is 12.7. The highest BCUT2D eigenvalue weighted by Gasteiger charge is 2.54. The van der Waals surface area contributed by atoms with Crippen LogP contribution in [0.5, 0.6) is 0 Å². The van der Waals surface area contributed by atoms with Crippen LogP contribution < -0.4 is 10.0 Å². The lowest BCUT2D eigenvalue weighted by atomic mass is 10.2. The van der Waals surface area contributed by atoms with Crippen molar-refractivity contribution in [1.82, 2.24) is 9.97 Å². The molecule has 0 bridgehead atoms. The number of rotatable bonds is 4. The average molecular weight is 343 g/mol. The number of thioether (sulfide) groups is 1. The number of ether oxygens (including phenoxy) is 1. The van der Waals surface area contributed by atoms with Crippen molar-refractivity contribution in [2.45, 2.75) is 35.7 Å². The molecule has 0 aromatic carbocycles. The third kappa shape index (κ3) is 2.70. The van der Waals surface area contributed by atoms with Crippen molar-refractivity contribution in [3.63, 3.8) is 0 Å². The van der Waals surface area contributed by atoms with Gasteiger partial charge in [0.2, 0.25) is 0 Å². The van der Waals surface area contributed by atoms with Gasteiger partial charge >= 0.3 is 0 Å². The first-order chi connectivity index (χ1) is 10.4. The maximum atomic E-state index is 12.2. The molecule has 1 aromatic heterocycles. The molecular formula is C13H21N5O2S2. The van der Waals surface area contributed by atoms with Gasteiger partial charge in [0.25, 0.3) is 0 Å². The summed E-state index contributed by atoms with van der Waals surface area (Å²) in [5.74, 6) is 0.806. The Morgan fingerprint density at radius 3 is 2.82 bits per heavy atom. The molecule has 0 amide bonds. The summed E-state index contributed by atoms with van der Waals surface area (Å²) >= 11 is 1.44. The highest BCUT2D eigenvalue weighted by Crippen LogP contribution is 2.51. The molecule has 2 fully saturated rings. The maximum absolute atomic E-state index is 12.2. The first-order valence-corrected chi connectivity index (χ1v) is 10.1. The summed E-state index contributed by atoms with van der Waals surface area (Å²) in [6, 6.07) is 2.08. The molecule has 3 N–H and O–H groups in total. The number of morpholine rings is 1. The molecule has 1 saturated heterocycles. The molecule has 2 atom stereocenters. The Morgan fingerprint density at radius 2 is 2.27 bits per heavy atom. The SMILES string of the molecule is CSc1nc(N2CCOC[C@H]2C)cc(C2(S(=N)(N)=O)CC2)n1. The van der Waals surface area contributed by atoms with E-state index in [4.69, 9.17) is 14.7 Å². The first kappa shape index (κ1) is 16.0. The first-order valence-electron chi connectivity index (χ1n) is 7.21. The highest BCUT2D eigenvalue weighted by atomic mass is 32.2. The molecule has 22 heavy (non-hydrogen) atoms. The highest BCUT2D eigenvalue weighted by molar-refractivity contribution is 7.98. The number of aromatic nitrogens is 2. The van der Waals surface area contributed by atoms with Gasteiger partial charge in [-0.15, -0.1) is 0 Å². The summed E-state index contributed by atoms with van der Waals surface area (Å²) in [5, 5.41) is 6.27. The summed E-state index contributed by atoms with van der Waals surface area (Å²) < 4.78 is 24.7. The number of nitrogens with two attached hydrogens (primary N) is 1. The van der Waals surface area contributed by atoms with Crippen molar-refractivity contribution in [3.05, 3.63) is 11.8 Å². The smallest absolute Gasteiger partial charge is 0.189 e. The summed E-state index contributed by atoms with van der Waals surface area (Å²) in [5.41, 5.74) is 0.642. The second-order valence-electron chi connectivity index (χ2n) is 5.81. The van der Waals surface area contributed by atoms with Crippen molar-refractivity contribution in [2.24, 2.45) is 5.14 Å². The number of nitrogens with one attached hydrogen (secondary N) is 1. The van der Waals surface area contributed by atoms with Gasteiger partial charge in [-0.2, -0.15) is 0 Å². The van der Waals surface area contributed by atoms with E-state index in [0.717, 1.165) is 12.4 Å². The lowest BCUT2D eigenvalue weighted by molar-refractivity contribution is 0.0984. The van der Waals surface area contributed by atoms with Crippen LogP contribution in [0, 0.1) is 4.78 Å². The van der Waals surface area contributed by atoms with E-state index in [9.17, 15) is 4.21 Å².